The van der Waals surface area contributed by atoms with Gasteiger partial charge in [-0.1, -0.05) is 0 Å². The number of nitrogens with zero attached hydrogens (tertiary/aromatic N) is 5. The van der Waals surface area contributed by atoms with Gasteiger partial charge in [-0.3, -0.25) is 14.1 Å². The van der Waals surface area contributed by atoms with Gasteiger partial charge in [-0.25, -0.2) is 22.8 Å². The van der Waals surface area contributed by atoms with Crippen molar-refractivity contribution < 1.29 is 30.8 Å². The van der Waals surface area contributed by atoms with Gasteiger partial charge in [0.2, 0.25) is 21.9 Å². The normalized spacial score (nSPS) is 11.7. The van der Waals surface area contributed by atoms with E-state index in [0.717, 1.165) is 10.6 Å². The Kier molecular flexibility index (Phi) is 7.57. The molecular weight excluding hydrogens is 508 g/mol. The van der Waals surface area contributed by atoms with Crippen LogP contribution in [0.25, 0.3) is 0 Å². The average Bonchev–Trinajstić information content (AvgIpc) is 2.81. The molecule has 4 N–H and O–H groups in total. The third-order valence-electron chi connectivity index (χ3n) is 4.84. The van der Waals surface area contributed by atoms with Gasteiger partial charge in [0, 0.05) is 36.9 Å². The molecule has 3 rings (SSSR count). The Hall–Kier alpha value is -4.08. The zero-order valence-electron chi connectivity index (χ0n) is 18.8. The Balaban J connectivity index is 1.93. The highest BCUT2D eigenvalue weighted by Crippen LogP contribution is 2.34. The molecular formula is C20H20F4N8O3S. The maximum atomic E-state index is 13.6. The molecule has 0 aliphatic carbocycles. The molecule has 2 aromatic heterocycles. The van der Waals surface area contributed by atoms with Crippen LogP contribution in [0.1, 0.15) is 27.2 Å². The van der Waals surface area contributed by atoms with Gasteiger partial charge in [0.05, 0.1) is 12.8 Å². The maximum Gasteiger partial charge on any atom is 0.421 e. The molecule has 0 saturated heterocycles. The summed E-state index contributed by atoms with van der Waals surface area (Å²) in [6.07, 6.45) is -0.838. The number of benzene rings is 1. The monoisotopic (exact) mass is 528 g/mol. The molecule has 16 heteroatoms. The molecule has 1 amide bonds. The van der Waals surface area contributed by atoms with Crippen LogP contribution in [0.3, 0.4) is 0 Å². The minimum atomic E-state index is -4.82. The SMILES string of the molecule is CN(c1nccnc1CNc1nc(Nc2ccc(C(N)=O)c(CF)c2)ncc1C(F)(F)F)S(C)(=O)=O. The second-order valence-electron chi connectivity index (χ2n) is 7.36. The van der Waals surface area contributed by atoms with Crippen molar-refractivity contribution in [2.75, 3.05) is 28.2 Å². The Morgan fingerprint density at radius 2 is 1.86 bits per heavy atom. The maximum absolute atomic E-state index is 13.6. The molecule has 2 heterocycles. The number of carbonyl (C=O) groups excluding carboxylic acids is 1. The topological polar surface area (TPSA) is 156 Å². The number of amides is 1. The molecule has 3 aromatic rings. The molecule has 0 radical (unpaired) electrons. The molecule has 0 atom stereocenters. The molecule has 0 spiro atoms. The molecule has 1 aromatic carbocycles. The Bertz CT molecular complexity index is 1390. The number of carbonyl (C=O) groups is 1. The number of nitrogens with two attached hydrogens (primary N) is 1. The average molecular weight is 528 g/mol. The molecule has 0 unspecified atom stereocenters. The molecule has 0 fully saturated rings. The van der Waals surface area contributed by atoms with Gasteiger partial charge in [0.15, 0.2) is 5.82 Å². The highest BCUT2D eigenvalue weighted by Gasteiger charge is 2.35. The summed E-state index contributed by atoms with van der Waals surface area (Å²) in [5.41, 5.74) is 4.17. The number of alkyl halides is 4. The first kappa shape index (κ1) is 26.5. The summed E-state index contributed by atoms with van der Waals surface area (Å²) in [5.74, 6) is -1.81. The van der Waals surface area contributed by atoms with Gasteiger partial charge in [-0.05, 0) is 23.8 Å². The summed E-state index contributed by atoms with van der Waals surface area (Å²) >= 11 is 0. The van der Waals surface area contributed by atoms with Crippen LogP contribution in [0.5, 0.6) is 0 Å². The number of nitrogens with one attached hydrogen (secondary N) is 2. The van der Waals surface area contributed by atoms with Gasteiger partial charge >= 0.3 is 6.18 Å². The summed E-state index contributed by atoms with van der Waals surface area (Å²) in [6, 6.07) is 3.87. The lowest BCUT2D eigenvalue weighted by molar-refractivity contribution is -0.137. The number of hydrogen-bond acceptors (Lipinski definition) is 9. The number of halogens is 4. The van der Waals surface area contributed by atoms with Crippen LogP contribution in [0.2, 0.25) is 0 Å². The van der Waals surface area contributed by atoms with E-state index in [2.05, 4.69) is 30.6 Å². The predicted octanol–water partition coefficient (Wildman–Crippen LogP) is 2.61. The smallest absolute Gasteiger partial charge is 0.366 e. The number of anilines is 4. The van der Waals surface area contributed by atoms with Gasteiger partial charge in [0.1, 0.15) is 23.7 Å². The largest absolute Gasteiger partial charge is 0.421 e. The third-order valence-corrected chi connectivity index (χ3v) is 6.00. The highest BCUT2D eigenvalue weighted by atomic mass is 32.2. The Morgan fingerprint density at radius 1 is 1.17 bits per heavy atom. The van der Waals surface area contributed by atoms with E-state index in [0.29, 0.717) is 6.20 Å². The Morgan fingerprint density at radius 3 is 2.47 bits per heavy atom. The minimum absolute atomic E-state index is 0.0251. The van der Waals surface area contributed by atoms with Gasteiger partial charge in [-0.15, -0.1) is 0 Å². The fourth-order valence-corrected chi connectivity index (χ4v) is 3.47. The van der Waals surface area contributed by atoms with Crippen LogP contribution >= 0.6 is 0 Å². The van der Waals surface area contributed by atoms with Crippen molar-refractivity contribution in [3.05, 3.63) is 59.2 Å². The van der Waals surface area contributed by atoms with E-state index in [4.69, 9.17) is 5.73 Å². The Labute approximate surface area is 202 Å². The summed E-state index contributed by atoms with van der Waals surface area (Å²) in [6.45, 7) is -1.36. The number of hydrogen-bond donors (Lipinski definition) is 3. The molecule has 36 heavy (non-hydrogen) atoms. The van der Waals surface area contributed by atoms with Gasteiger partial charge in [0.25, 0.3) is 0 Å². The number of aromatic nitrogens is 4. The van der Waals surface area contributed by atoms with E-state index >= 15 is 0 Å². The van der Waals surface area contributed by atoms with E-state index in [1.54, 1.807) is 0 Å². The first-order chi connectivity index (χ1) is 16.8. The quantitative estimate of drug-likeness (QED) is 0.355. The summed E-state index contributed by atoms with van der Waals surface area (Å²) < 4.78 is 78.6. The van der Waals surface area contributed by atoms with Crippen LogP contribution in [0, 0.1) is 0 Å². The highest BCUT2D eigenvalue weighted by molar-refractivity contribution is 7.92. The van der Waals surface area contributed by atoms with E-state index in [9.17, 15) is 30.8 Å². The second-order valence-corrected chi connectivity index (χ2v) is 9.37. The fraction of sp³-hybridized carbons (Fsp3) is 0.250. The van der Waals surface area contributed by atoms with E-state index in [-0.39, 0.29) is 40.8 Å². The standard InChI is InChI=1S/C20H20F4N8O3S/c1-32(36(2,34)35)18-15(26-5-6-27-18)10-28-17-14(20(22,23)24)9-29-19(31-17)30-12-3-4-13(16(25)33)11(7-12)8-21/h3-7,9H,8,10H2,1-2H3,(H2,25,33)(H2,28,29,30,31). The van der Waals surface area contributed by atoms with E-state index < -0.39 is 40.2 Å². The van der Waals surface area contributed by atoms with Gasteiger partial charge < -0.3 is 16.4 Å². The summed E-state index contributed by atoms with van der Waals surface area (Å²) in [4.78, 5) is 26.9. The molecule has 0 aliphatic rings. The van der Waals surface area contributed by atoms with Crippen molar-refractivity contribution in [2.45, 2.75) is 19.4 Å². The molecule has 11 nitrogen and oxygen atoms in total. The van der Waals surface area contributed by atoms with Crippen LogP contribution in [0.4, 0.5) is 40.8 Å². The van der Waals surface area contributed by atoms with Crippen molar-refractivity contribution in [3.63, 3.8) is 0 Å². The molecule has 0 saturated carbocycles. The number of primary amides is 1. The summed E-state index contributed by atoms with van der Waals surface area (Å²) in [5, 5.41) is 5.15. The number of sulfonamides is 1. The third kappa shape index (κ3) is 6.12. The molecule has 0 bridgehead atoms. The van der Waals surface area contributed by atoms with Crippen molar-refractivity contribution in [1.82, 2.24) is 19.9 Å². The van der Waals surface area contributed by atoms with Gasteiger partial charge in [-0.2, -0.15) is 18.2 Å². The predicted molar refractivity (Wildman–Crippen MR) is 123 cm³/mol. The fourth-order valence-electron chi connectivity index (χ4n) is 3.01. The van der Waals surface area contributed by atoms with E-state index in [1.165, 1.54) is 37.6 Å². The minimum Gasteiger partial charge on any atom is -0.366 e. The number of rotatable bonds is 9. The second kappa shape index (κ2) is 10.3. The lowest BCUT2D eigenvalue weighted by Gasteiger charge is -2.19. The van der Waals surface area contributed by atoms with Crippen molar-refractivity contribution in [2.24, 2.45) is 5.73 Å². The van der Waals surface area contributed by atoms with Crippen LogP contribution in [-0.4, -0.2) is 47.6 Å². The van der Waals surface area contributed by atoms with Crippen LogP contribution in [0.15, 0.2) is 36.8 Å². The van der Waals surface area contributed by atoms with Crippen molar-refractivity contribution in [3.8, 4) is 0 Å². The van der Waals surface area contributed by atoms with Crippen LogP contribution < -0.4 is 20.7 Å². The first-order valence-electron chi connectivity index (χ1n) is 9.99. The molecule has 0 aliphatic heterocycles. The van der Waals surface area contributed by atoms with E-state index in [1.807, 2.05) is 0 Å². The molecule has 192 valence electrons. The van der Waals surface area contributed by atoms with Crippen LogP contribution in [-0.2, 0) is 29.4 Å². The van der Waals surface area contributed by atoms with Crippen molar-refractivity contribution >= 4 is 39.2 Å². The lowest BCUT2D eigenvalue weighted by atomic mass is 10.1. The first-order valence-corrected chi connectivity index (χ1v) is 11.8. The lowest BCUT2D eigenvalue weighted by Crippen LogP contribution is -2.27. The summed E-state index contributed by atoms with van der Waals surface area (Å²) in [7, 11) is -2.49. The van der Waals surface area contributed by atoms with Crippen molar-refractivity contribution in [1.29, 1.82) is 0 Å². The zero-order chi connectivity index (χ0) is 26.7. The zero-order valence-corrected chi connectivity index (χ0v) is 19.7.